The van der Waals surface area contributed by atoms with Crippen molar-refractivity contribution >= 4 is 12.3 Å². The second kappa shape index (κ2) is 1.95. The molecule has 2 aliphatic rings. The Bertz CT molecular complexity index is 302. The van der Waals surface area contributed by atoms with Gasteiger partial charge in [0.25, 0.3) is 0 Å². The summed E-state index contributed by atoms with van der Waals surface area (Å²) in [7, 11) is 0. The highest BCUT2D eigenvalue weighted by Crippen LogP contribution is 2.22. The molecular formula is C7H6N2O2. The topological polar surface area (TPSA) is 52.9 Å². The lowest BCUT2D eigenvalue weighted by atomic mass is 10.2. The number of carbonyl (C=O) groups is 1. The maximum Gasteiger partial charge on any atom is 0.411 e. The van der Waals surface area contributed by atoms with E-state index in [2.05, 4.69) is 4.99 Å². The van der Waals surface area contributed by atoms with Crippen LogP contribution in [-0.4, -0.2) is 28.9 Å². The van der Waals surface area contributed by atoms with Crippen LogP contribution in [0.1, 0.15) is 0 Å². The van der Waals surface area contributed by atoms with Gasteiger partial charge in [-0.15, -0.1) is 0 Å². The predicted molar refractivity (Wildman–Crippen MR) is 39.4 cm³/mol. The monoisotopic (exact) mass is 150 g/mol. The van der Waals surface area contributed by atoms with Crippen LogP contribution in [0.4, 0.5) is 4.79 Å². The van der Waals surface area contributed by atoms with Gasteiger partial charge in [-0.05, 0) is 0 Å². The molecule has 11 heavy (non-hydrogen) atoms. The largest absolute Gasteiger partial charge is 0.465 e. The third-order valence-corrected chi connectivity index (χ3v) is 1.70. The molecule has 4 nitrogen and oxygen atoms in total. The molecule has 56 valence electrons. The van der Waals surface area contributed by atoms with Gasteiger partial charge in [-0.1, -0.05) is 0 Å². The molecule has 0 spiro atoms. The number of carboxylic acid groups (broad SMARTS) is 1. The van der Waals surface area contributed by atoms with Crippen LogP contribution in [0.15, 0.2) is 28.5 Å². The van der Waals surface area contributed by atoms with E-state index in [1.807, 2.05) is 0 Å². The molecule has 1 N–H and O–H groups in total. The minimum Gasteiger partial charge on any atom is -0.465 e. The van der Waals surface area contributed by atoms with Crippen LogP contribution >= 0.6 is 0 Å². The van der Waals surface area contributed by atoms with Crippen LogP contribution in [0.3, 0.4) is 0 Å². The lowest BCUT2D eigenvalue weighted by Crippen LogP contribution is -2.21. The van der Waals surface area contributed by atoms with Gasteiger partial charge >= 0.3 is 6.09 Å². The highest BCUT2D eigenvalue weighted by atomic mass is 16.4. The molecule has 4 heteroatoms. The third kappa shape index (κ3) is 0.832. The SMILES string of the molecule is O=C(O)N1C=C2C=NC=C2C1. The van der Waals surface area contributed by atoms with Crippen molar-refractivity contribution in [3.8, 4) is 0 Å². The summed E-state index contributed by atoms with van der Waals surface area (Å²) in [6.07, 6.45) is 4.03. The fourth-order valence-electron chi connectivity index (χ4n) is 1.13. The van der Waals surface area contributed by atoms with Crippen molar-refractivity contribution < 1.29 is 9.90 Å². The molecular weight excluding hydrogens is 144 g/mol. The lowest BCUT2D eigenvalue weighted by Gasteiger charge is -2.05. The molecule has 0 saturated carbocycles. The van der Waals surface area contributed by atoms with E-state index in [1.165, 1.54) is 4.90 Å². The van der Waals surface area contributed by atoms with Gasteiger partial charge in [-0.3, -0.25) is 9.89 Å². The summed E-state index contributed by atoms with van der Waals surface area (Å²) in [6.45, 7) is 0.435. The van der Waals surface area contributed by atoms with E-state index in [1.54, 1.807) is 18.6 Å². The number of hydrogen-bond acceptors (Lipinski definition) is 2. The minimum atomic E-state index is -0.916. The van der Waals surface area contributed by atoms with Gasteiger partial charge in [-0.25, -0.2) is 4.79 Å². The van der Waals surface area contributed by atoms with Gasteiger partial charge in [0.2, 0.25) is 0 Å². The summed E-state index contributed by atoms with van der Waals surface area (Å²) in [5.74, 6) is 0. The zero-order valence-corrected chi connectivity index (χ0v) is 5.69. The molecule has 0 aliphatic carbocycles. The number of amides is 1. The van der Waals surface area contributed by atoms with E-state index in [-0.39, 0.29) is 0 Å². The molecule has 0 radical (unpaired) electrons. The van der Waals surface area contributed by atoms with Crippen LogP contribution in [-0.2, 0) is 0 Å². The Morgan fingerprint density at radius 3 is 3.18 bits per heavy atom. The van der Waals surface area contributed by atoms with Crippen LogP contribution in [0.5, 0.6) is 0 Å². The van der Waals surface area contributed by atoms with E-state index >= 15 is 0 Å². The normalized spacial score (nSPS) is 19.8. The summed E-state index contributed by atoms with van der Waals surface area (Å²) in [5, 5.41) is 8.58. The quantitative estimate of drug-likeness (QED) is 0.556. The highest BCUT2D eigenvalue weighted by molar-refractivity contribution is 5.90. The Morgan fingerprint density at radius 1 is 1.73 bits per heavy atom. The predicted octanol–water partition coefficient (Wildman–Crippen LogP) is 0.832. The average molecular weight is 150 g/mol. The highest BCUT2D eigenvalue weighted by Gasteiger charge is 2.22. The first kappa shape index (κ1) is 6.15. The molecule has 1 amide bonds. The molecule has 0 aromatic heterocycles. The van der Waals surface area contributed by atoms with Gasteiger partial charge in [0.15, 0.2) is 0 Å². The lowest BCUT2D eigenvalue weighted by molar-refractivity contribution is 0.167. The second-order valence-electron chi connectivity index (χ2n) is 2.43. The van der Waals surface area contributed by atoms with E-state index in [0.29, 0.717) is 6.54 Å². The zero-order chi connectivity index (χ0) is 7.84. The van der Waals surface area contributed by atoms with E-state index in [4.69, 9.17) is 5.11 Å². The Labute approximate surface area is 63.1 Å². The maximum absolute atomic E-state index is 10.4. The van der Waals surface area contributed by atoms with Gasteiger partial charge < -0.3 is 5.11 Å². The average Bonchev–Trinajstić information content (AvgIpc) is 2.40. The van der Waals surface area contributed by atoms with Crippen molar-refractivity contribution in [2.45, 2.75) is 0 Å². The molecule has 0 aromatic rings. The Kier molecular flexibility index (Phi) is 1.09. The Morgan fingerprint density at radius 2 is 2.55 bits per heavy atom. The fourth-order valence-corrected chi connectivity index (χ4v) is 1.13. The maximum atomic E-state index is 10.4. The van der Waals surface area contributed by atoms with Gasteiger partial charge in [0.05, 0.1) is 6.54 Å². The van der Waals surface area contributed by atoms with Crippen molar-refractivity contribution in [2.75, 3.05) is 6.54 Å². The molecule has 0 fully saturated rings. The molecule has 0 bridgehead atoms. The smallest absolute Gasteiger partial charge is 0.411 e. The zero-order valence-electron chi connectivity index (χ0n) is 5.69. The van der Waals surface area contributed by atoms with Crippen LogP contribution in [0.25, 0.3) is 0 Å². The summed E-state index contributed by atoms with van der Waals surface area (Å²) in [5.41, 5.74) is 1.89. The second-order valence-corrected chi connectivity index (χ2v) is 2.43. The molecule has 0 aromatic carbocycles. The first-order chi connectivity index (χ1) is 5.27. The van der Waals surface area contributed by atoms with Crippen LogP contribution < -0.4 is 0 Å². The first-order valence-corrected chi connectivity index (χ1v) is 3.21. The molecule has 0 saturated heterocycles. The number of aliphatic imine (C=N–C) groups is 1. The van der Waals surface area contributed by atoms with Crippen molar-refractivity contribution in [2.24, 2.45) is 4.99 Å². The Hall–Kier alpha value is -1.58. The van der Waals surface area contributed by atoms with Crippen LogP contribution in [0.2, 0.25) is 0 Å². The fraction of sp³-hybridized carbons (Fsp3) is 0.143. The number of hydrogen-bond donors (Lipinski definition) is 1. The van der Waals surface area contributed by atoms with Gasteiger partial charge in [0.1, 0.15) is 0 Å². The minimum absolute atomic E-state index is 0.435. The number of nitrogens with zero attached hydrogens (tertiary/aromatic N) is 2. The summed E-state index contributed by atoms with van der Waals surface area (Å²) < 4.78 is 0. The molecule has 2 aliphatic heterocycles. The van der Waals surface area contributed by atoms with E-state index < -0.39 is 6.09 Å². The molecule has 0 unspecified atom stereocenters. The van der Waals surface area contributed by atoms with Crippen molar-refractivity contribution in [1.82, 2.24) is 4.90 Å². The molecule has 0 atom stereocenters. The van der Waals surface area contributed by atoms with Gasteiger partial charge in [0, 0.05) is 29.8 Å². The van der Waals surface area contributed by atoms with E-state index in [9.17, 15) is 4.79 Å². The van der Waals surface area contributed by atoms with Crippen molar-refractivity contribution in [3.05, 3.63) is 23.5 Å². The first-order valence-electron chi connectivity index (χ1n) is 3.21. The summed E-state index contributed by atoms with van der Waals surface area (Å²) in [4.78, 5) is 15.6. The number of rotatable bonds is 0. The van der Waals surface area contributed by atoms with Gasteiger partial charge in [-0.2, -0.15) is 0 Å². The molecule has 2 rings (SSSR count). The van der Waals surface area contributed by atoms with Crippen molar-refractivity contribution in [1.29, 1.82) is 0 Å². The standard InChI is InChI=1S/C7H6N2O2/c10-7(11)9-3-5-1-8-2-6(5)4-9/h1-3H,4H2,(H,10,11). The van der Waals surface area contributed by atoms with Crippen molar-refractivity contribution in [3.63, 3.8) is 0 Å². The molecule has 2 heterocycles. The summed E-state index contributed by atoms with van der Waals surface area (Å²) >= 11 is 0. The third-order valence-electron chi connectivity index (χ3n) is 1.70. The number of fused-ring (bicyclic) bond motifs is 1. The Balaban J connectivity index is 2.27. The summed E-state index contributed by atoms with van der Waals surface area (Å²) in [6, 6.07) is 0. The van der Waals surface area contributed by atoms with E-state index in [0.717, 1.165) is 11.1 Å². The van der Waals surface area contributed by atoms with Crippen LogP contribution in [0, 0.1) is 0 Å².